The first-order chi connectivity index (χ1) is 15.6. The molecule has 0 radical (unpaired) electrons. The number of carbonyl (C=O) groups is 1. The first-order valence-electron chi connectivity index (χ1n) is 10.3. The van der Waals surface area contributed by atoms with Crippen molar-refractivity contribution in [1.82, 2.24) is 19.7 Å². The molecule has 0 fully saturated rings. The third kappa shape index (κ3) is 4.75. The number of rotatable bonds is 4. The lowest BCUT2D eigenvalue weighted by molar-refractivity contribution is -0.140. The highest BCUT2D eigenvalue weighted by molar-refractivity contribution is 9.08. The Labute approximate surface area is 197 Å². The molecule has 0 N–H and O–H groups in total. The van der Waals surface area contributed by atoms with E-state index in [1.807, 2.05) is 26.0 Å². The fourth-order valence-corrected chi connectivity index (χ4v) is 4.38. The van der Waals surface area contributed by atoms with Crippen LogP contribution in [0.15, 0.2) is 30.5 Å². The zero-order chi connectivity index (χ0) is 23.9. The van der Waals surface area contributed by atoms with E-state index in [9.17, 15) is 18.0 Å². The standard InChI is InChI=1S/C23H22BrF3N4O2/c1-13-6-14(2)28-16(7-13)11-31-4-5-33-20-17(8-15(10-24)9-18(20)22(31)32)19-12-30(3)29-21(19)23(25,26)27/h6-9,12H,4-5,10-11H2,1-3H3. The number of fused-ring (bicyclic) bond motifs is 1. The molecule has 6 nitrogen and oxygen atoms in total. The molecule has 3 aromatic rings. The number of hydrogen-bond donors (Lipinski definition) is 0. The summed E-state index contributed by atoms with van der Waals surface area (Å²) in [6, 6.07) is 7.13. The number of halogens is 4. The Balaban J connectivity index is 1.81. The maximum Gasteiger partial charge on any atom is 0.435 e. The summed E-state index contributed by atoms with van der Waals surface area (Å²) in [7, 11) is 1.43. The van der Waals surface area contributed by atoms with Crippen LogP contribution in [0.2, 0.25) is 0 Å². The zero-order valence-corrected chi connectivity index (χ0v) is 19.9. The Morgan fingerprint density at radius 3 is 2.52 bits per heavy atom. The highest BCUT2D eigenvalue weighted by atomic mass is 79.9. The molecule has 0 saturated heterocycles. The molecule has 1 aliphatic rings. The third-order valence-corrected chi connectivity index (χ3v) is 5.97. The Bertz CT molecular complexity index is 1200. The first-order valence-corrected chi connectivity index (χ1v) is 11.4. The number of ether oxygens (including phenoxy) is 1. The Kier molecular flexibility index (Phi) is 6.22. The van der Waals surface area contributed by atoms with E-state index >= 15 is 0 Å². The number of alkyl halides is 4. The smallest absolute Gasteiger partial charge is 0.435 e. The van der Waals surface area contributed by atoms with Gasteiger partial charge < -0.3 is 9.64 Å². The van der Waals surface area contributed by atoms with Gasteiger partial charge in [0.15, 0.2) is 5.69 Å². The van der Waals surface area contributed by atoms with Crippen LogP contribution in [0.5, 0.6) is 5.75 Å². The second kappa shape index (κ2) is 8.81. The van der Waals surface area contributed by atoms with E-state index in [2.05, 4.69) is 26.0 Å². The molecule has 33 heavy (non-hydrogen) atoms. The number of carbonyl (C=O) groups excluding carboxylic acids is 1. The van der Waals surface area contributed by atoms with Crippen molar-refractivity contribution < 1.29 is 22.7 Å². The summed E-state index contributed by atoms with van der Waals surface area (Å²) in [5.41, 5.74) is 2.57. The lowest BCUT2D eigenvalue weighted by atomic mass is 9.98. The Morgan fingerprint density at radius 2 is 1.85 bits per heavy atom. The van der Waals surface area contributed by atoms with E-state index in [1.54, 1.807) is 17.0 Å². The van der Waals surface area contributed by atoms with Crippen molar-refractivity contribution >= 4 is 21.8 Å². The van der Waals surface area contributed by atoms with Crippen LogP contribution in [-0.2, 0) is 25.1 Å². The molecule has 0 aliphatic carbocycles. The summed E-state index contributed by atoms with van der Waals surface area (Å²) >= 11 is 3.36. The van der Waals surface area contributed by atoms with Crippen LogP contribution in [0.25, 0.3) is 11.1 Å². The second-order valence-corrected chi connectivity index (χ2v) is 8.63. The highest BCUT2D eigenvalue weighted by Gasteiger charge is 2.39. The molecule has 174 valence electrons. The van der Waals surface area contributed by atoms with Gasteiger partial charge in [-0.25, -0.2) is 0 Å². The Morgan fingerprint density at radius 1 is 1.12 bits per heavy atom. The number of benzene rings is 1. The largest absolute Gasteiger partial charge is 0.490 e. The lowest BCUT2D eigenvalue weighted by Gasteiger charge is -2.20. The van der Waals surface area contributed by atoms with Crippen LogP contribution in [0, 0.1) is 13.8 Å². The van der Waals surface area contributed by atoms with Gasteiger partial charge in [0.05, 0.1) is 24.3 Å². The summed E-state index contributed by atoms with van der Waals surface area (Å²) in [6.45, 7) is 4.55. The quantitative estimate of drug-likeness (QED) is 0.450. The van der Waals surface area contributed by atoms with Gasteiger partial charge >= 0.3 is 6.18 Å². The van der Waals surface area contributed by atoms with Crippen molar-refractivity contribution in [3.63, 3.8) is 0 Å². The minimum absolute atomic E-state index is 0.124. The van der Waals surface area contributed by atoms with Crippen LogP contribution in [0.1, 0.15) is 38.6 Å². The third-order valence-electron chi connectivity index (χ3n) is 5.32. The second-order valence-electron chi connectivity index (χ2n) is 8.07. The number of aryl methyl sites for hydroxylation is 3. The van der Waals surface area contributed by atoms with Crippen LogP contribution >= 0.6 is 15.9 Å². The maximum absolute atomic E-state index is 13.7. The van der Waals surface area contributed by atoms with Crippen LogP contribution in [-0.4, -0.2) is 38.7 Å². The monoisotopic (exact) mass is 522 g/mol. The number of pyridine rings is 1. The number of amides is 1. The summed E-state index contributed by atoms with van der Waals surface area (Å²) in [6.07, 6.45) is -3.35. The molecule has 1 aliphatic heterocycles. The summed E-state index contributed by atoms with van der Waals surface area (Å²) < 4.78 is 48.0. The maximum atomic E-state index is 13.7. The molecule has 4 rings (SSSR count). The summed E-state index contributed by atoms with van der Waals surface area (Å²) in [5.74, 6) is -0.177. The van der Waals surface area contributed by atoms with E-state index in [1.165, 1.54) is 13.2 Å². The van der Waals surface area contributed by atoms with Gasteiger partial charge in [-0.3, -0.25) is 14.5 Å². The van der Waals surface area contributed by atoms with Gasteiger partial charge in [-0.15, -0.1) is 0 Å². The summed E-state index contributed by atoms with van der Waals surface area (Å²) in [4.78, 5) is 19.6. The SMILES string of the molecule is Cc1cc(C)nc(CN2CCOc3c(cc(CBr)cc3-c3cn(C)nc3C(F)(F)F)C2=O)c1. The number of hydrogen-bond acceptors (Lipinski definition) is 4. The molecular formula is C23H22BrF3N4O2. The van der Waals surface area contributed by atoms with E-state index in [-0.39, 0.29) is 48.0 Å². The van der Waals surface area contributed by atoms with Crippen molar-refractivity contribution in [2.45, 2.75) is 31.9 Å². The predicted octanol–water partition coefficient (Wildman–Crippen LogP) is 5.05. The van der Waals surface area contributed by atoms with E-state index in [4.69, 9.17) is 4.74 Å². The van der Waals surface area contributed by atoms with E-state index in [0.29, 0.717) is 10.9 Å². The van der Waals surface area contributed by atoms with Gasteiger partial charge in [-0.1, -0.05) is 15.9 Å². The minimum atomic E-state index is -4.65. The number of nitrogens with zero attached hydrogens (tertiary/aromatic N) is 4. The summed E-state index contributed by atoms with van der Waals surface area (Å²) in [5, 5.41) is 3.98. The van der Waals surface area contributed by atoms with Crippen molar-refractivity contribution in [3.8, 4) is 16.9 Å². The van der Waals surface area contributed by atoms with Gasteiger partial charge in [0.2, 0.25) is 0 Å². The molecule has 10 heteroatoms. The number of aromatic nitrogens is 3. The molecule has 0 unspecified atom stereocenters. The zero-order valence-electron chi connectivity index (χ0n) is 18.3. The van der Waals surface area contributed by atoms with Gasteiger partial charge in [-0.2, -0.15) is 18.3 Å². The molecule has 1 amide bonds. The van der Waals surface area contributed by atoms with E-state index < -0.39 is 11.9 Å². The van der Waals surface area contributed by atoms with Crippen molar-refractivity contribution in [2.24, 2.45) is 7.05 Å². The van der Waals surface area contributed by atoms with Gasteiger partial charge in [0, 0.05) is 35.4 Å². The molecule has 1 aromatic carbocycles. The molecular weight excluding hydrogens is 501 g/mol. The molecule has 0 saturated carbocycles. The predicted molar refractivity (Wildman–Crippen MR) is 120 cm³/mol. The molecule has 3 heterocycles. The first kappa shape index (κ1) is 23.3. The molecule has 0 bridgehead atoms. The average molecular weight is 523 g/mol. The van der Waals surface area contributed by atoms with Gasteiger partial charge in [0.25, 0.3) is 5.91 Å². The van der Waals surface area contributed by atoms with Crippen molar-refractivity contribution in [2.75, 3.05) is 13.2 Å². The fraction of sp³-hybridized carbons (Fsp3) is 0.348. The topological polar surface area (TPSA) is 60.3 Å². The lowest BCUT2D eigenvalue weighted by Crippen LogP contribution is -2.32. The molecule has 0 atom stereocenters. The molecule has 0 spiro atoms. The van der Waals surface area contributed by atoms with Crippen LogP contribution < -0.4 is 4.74 Å². The highest BCUT2D eigenvalue weighted by Crippen LogP contribution is 2.42. The van der Waals surface area contributed by atoms with Crippen LogP contribution in [0.3, 0.4) is 0 Å². The van der Waals surface area contributed by atoms with E-state index in [0.717, 1.165) is 21.6 Å². The Hall–Kier alpha value is -2.88. The van der Waals surface area contributed by atoms with Crippen molar-refractivity contribution in [3.05, 3.63) is 64.2 Å². The van der Waals surface area contributed by atoms with Gasteiger partial charge in [0.1, 0.15) is 12.4 Å². The normalized spacial score (nSPS) is 14.2. The molecule has 2 aromatic heterocycles. The fourth-order valence-electron chi connectivity index (χ4n) is 4.06. The van der Waals surface area contributed by atoms with Crippen LogP contribution in [0.4, 0.5) is 13.2 Å². The average Bonchev–Trinajstić information content (AvgIpc) is 3.06. The van der Waals surface area contributed by atoms with Gasteiger partial charge in [-0.05, 0) is 49.2 Å². The minimum Gasteiger partial charge on any atom is -0.490 e. The van der Waals surface area contributed by atoms with Crippen molar-refractivity contribution in [1.29, 1.82) is 0 Å².